The second kappa shape index (κ2) is 4.85. The molecule has 0 saturated heterocycles. The molecule has 0 aliphatic carbocycles. The van der Waals surface area contributed by atoms with Gasteiger partial charge >= 0.3 is 0 Å². The Morgan fingerprint density at radius 2 is 1.18 bits per heavy atom. The molecule has 4 heteroatoms. The molecule has 0 amide bonds. The van der Waals surface area contributed by atoms with E-state index in [1.165, 1.54) is 36.0 Å². The van der Waals surface area contributed by atoms with Gasteiger partial charge in [0.2, 0.25) is 6.71 Å². The molecule has 0 unspecified atom stereocenters. The third kappa shape index (κ3) is 1.83. The van der Waals surface area contributed by atoms with Gasteiger partial charge in [0.15, 0.2) is 0 Å². The van der Waals surface area contributed by atoms with Gasteiger partial charge in [-0.05, 0) is 29.7 Å². The molecule has 2 heterocycles. The van der Waals surface area contributed by atoms with Crippen molar-refractivity contribution in [3.05, 3.63) is 65.7 Å². The zero-order valence-corrected chi connectivity index (χ0v) is 13.9. The normalized spacial score (nSPS) is 14.1. The Hall–Kier alpha value is -1.29. The average molecular weight is 337 g/mol. The molecule has 0 aromatic heterocycles. The van der Waals surface area contributed by atoms with Crippen LogP contribution in [-0.2, 0) is 0 Å². The van der Waals surface area contributed by atoms with Crippen molar-refractivity contribution < 1.29 is 0 Å². The Balaban J connectivity index is 1.88. The molecular weight excluding hydrogens is 327 g/mol. The fourth-order valence-electron chi connectivity index (χ4n) is 3.36. The summed E-state index contributed by atoms with van der Waals surface area (Å²) < 4.78 is 0. The Kier molecular flexibility index (Phi) is 2.91. The van der Waals surface area contributed by atoms with Crippen LogP contribution in [-0.4, -0.2) is 6.71 Å². The van der Waals surface area contributed by atoms with Gasteiger partial charge in [-0.3, -0.25) is 0 Å². The second-order valence-electron chi connectivity index (χ2n) is 5.53. The molecule has 0 radical (unpaired) electrons. The van der Waals surface area contributed by atoms with E-state index in [1.807, 2.05) is 23.5 Å². The number of rotatable bonds is 0. The molecule has 22 heavy (non-hydrogen) atoms. The molecule has 0 fully saturated rings. The van der Waals surface area contributed by atoms with E-state index < -0.39 is 0 Å². The van der Waals surface area contributed by atoms with Crippen LogP contribution in [0.1, 0.15) is 0 Å². The largest absolute Gasteiger partial charge is 0.247 e. The van der Waals surface area contributed by atoms with Gasteiger partial charge in [0.25, 0.3) is 0 Å². The van der Waals surface area contributed by atoms with E-state index in [0.717, 1.165) is 5.02 Å². The van der Waals surface area contributed by atoms with E-state index in [1.54, 1.807) is 0 Å². The van der Waals surface area contributed by atoms with Crippen molar-refractivity contribution in [2.24, 2.45) is 0 Å². The molecule has 5 rings (SSSR count). The molecule has 3 aromatic carbocycles. The van der Waals surface area contributed by atoms with Gasteiger partial charge < -0.3 is 0 Å². The fourth-order valence-corrected chi connectivity index (χ4v) is 6.20. The zero-order chi connectivity index (χ0) is 14.7. The number of halogens is 1. The van der Waals surface area contributed by atoms with Crippen LogP contribution in [0.4, 0.5) is 0 Å². The van der Waals surface area contributed by atoms with Crippen molar-refractivity contribution in [1.82, 2.24) is 0 Å². The van der Waals surface area contributed by atoms with Crippen LogP contribution in [0.2, 0.25) is 5.02 Å². The maximum atomic E-state index is 6.36. The van der Waals surface area contributed by atoms with Gasteiger partial charge in [0, 0.05) is 24.6 Å². The van der Waals surface area contributed by atoms with Crippen molar-refractivity contribution in [2.75, 3.05) is 0 Å². The second-order valence-corrected chi connectivity index (χ2v) is 8.13. The minimum Gasteiger partial charge on any atom is -0.0911 e. The highest BCUT2D eigenvalue weighted by molar-refractivity contribution is 8.01. The van der Waals surface area contributed by atoms with Crippen molar-refractivity contribution in [2.45, 2.75) is 19.6 Å². The van der Waals surface area contributed by atoms with E-state index >= 15 is 0 Å². The molecule has 2 aliphatic rings. The third-order valence-electron chi connectivity index (χ3n) is 4.26. The van der Waals surface area contributed by atoms with Crippen molar-refractivity contribution in [1.29, 1.82) is 0 Å². The minimum absolute atomic E-state index is 0.331. The van der Waals surface area contributed by atoms with Gasteiger partial charge in [0.1, 0.15) is 0 Å². The fraction of sp³-hybridized carbons (Fsp3) is 0. The van der Waals surface area contributed by atoms with Crippen LogP contribution in [0.5, 0.6) is 0 Å². The Morgan fingerprint density at radius 3 is 1.73 bits per heavy atom. The van der Waals surface area contributed by atoms with Crippen molar-refractivity contribution >= 4 is 58.2 Å². The van der Waals surface area contributed by atoms with Crippen LogP contribution >= 0.6 is 35.1 Å². The molecule has 3 aromatic rings. The van der Waals surface area contributed by atoms with E-state index in [2.05, 4.69) is 60.7 Å². The summed E-state index contributed by atoms with van der Waals surface area (Å²) in [6.45, 7) is 0.331. The van der Waals surface area contributed by atoms with E-state index in [0.29, 0.717) is 6.71 Å². The summed E-state index contributed by atoms with van der Waals surface area (Å²) in [7, 11) is 0. The third-order valence-corrected chi connectivity index (χ3v) is 6.77. The summed E-state index contributed by atoms with van der Waals surface area (Å²) in [4.78, 5) is 5.28. The van der Waals surface area contributed by atoms with Gasteiger partial charge in [-0.2, -0.15) is 0 Å². The van der Waals surface area contributed by atoms with E-state index in [9.17, 15) is 0 Å². The van der Waals surface area contributed by atoms with Crippen molar-refractivity contribution in [3.8, 4) is 0 Å². The molecule has 104 valence electrons. The molecule has 0 nitrogen and oxygen atoms in total. The quantitative estimate of drug-likeness (QED) is 0.395. The lowest BCUT2D eigenvalue weighted by atomic mass is 9.36. The van der Waals surface area contributed by atoms with Crippen LogP contribution in [0.3, 0.4) is 0 Å². The first kappa shape index (κ1) is 13.2. The summed E-state index contributed by atoms with van der Waals surface area (Å²) in [6.07, 6.45) is 0. The molecular formula is C18H10BClS2. The van der Waals surface area contributed by atoms with Gasteiger partial charge in [-0.1, -0.05) is 82.4 Å². The van der Waals surface area contributed by atoms with E-state index in [4.69, 9.17) is 11.6 Å². The first-order valence-corrected chi connectivity index (χ1v) is 9.19. The highest BCUT2D eigenvalue weighted by Crippen LogP contribution is 2.39. The standard InChI is InChI=1S/C18H10BClS2/c20-11-9-16-18-17(10-11)22-15-8-4-2-6-13(15)19(18)12-5-1-3-7-14(12)21-16/h1-10H. The van der Waals surface area contributed by atoms with Crippen molar-refractivity contribution in [3.63, 3.8) is 0 Å². The highest BCUT2D eigenvalue weighted by Gasteiger charge is 2.37. The van der Waals surface area contributed by atoms with Gasteiger partial charge in [0.05, 0.1) is 0 Å². The van der Waals surface area contributed by atoms with Crippen LogP contribution in [0.25, 0.3) is 0 Å². The number of hydrogen-bond donors (Lipinski definition) is 0. The molecule has 2 aliphatic heterocycles. The maximum absolute atomic E-state index is 6.36. The first-order chi connectivity index (χ1) is 10.8. The predicted molar refractivity (Wildman–Crippen MR) is 97.2 cm³/mol. The number of fused-ring (bicyclic) bond motifs is 4. The molecule has 0 spiro atoms. The average Bonchev–Trinajstić information content (AvgIpc) is 2.54. The van der Waals surface area contributed by atoms with Crippen LogP contribution in [0.15, 0.2) is 80.2 Å². The molecule has 0 saturated carbocycles. The van der Waals surface area contributed by atoms with Gasteiger partial charge in [-0.15, -0.1) is 0 Å². The molecule has 0 N–H and O–H groups in total. The summed E-state index contributed by atoms with van der Waals surface area (Å²) >= 11 is 10.0. The Morgan fingerprint density at radius 1 is 0.682 bits per heavy atom. The zero-order valence-electron chi connectivity index (χ0n) is 11.5. The lowest BCUT2D eigenvalue weighted by Gasteiger charge is -2.32. The lowest BCUT2D eigenvalue weighted by molar-refractivity contribution is 1.33. The summed E-state index contributed by atoms with van der Waals surface area (Å²) in [6, 6.07) is 21.7. The Bertz CT molecular complexity index is 852. The topological polar surface area (TPSA) is 0 Å². The SMILES string of the molecule is Clc1cc2c3c(c1)Sc1ccccc1B3c1ccccc1S2. The van der Waals surface area contributed by atoms with Crippen LogP contribution in [0, 0.1) is 0 Å². The lowest BCUT2D eigenvalue weighted by Crippen LogP contribution is -2.57. The summed E-state index contributed by atoms with van der Waals surface area (Å²) in [5, 5.41) is 0.825. The predicted octanol–water partition coefficient (Wildman–Crippen LogP) is 3.79. The molecule has 0 atom stereocenters. The monoisotopic (exact) mass is 336 g/mol. The molecule has 0 bridgehead atoms. The summed E-state index contributed by atoms with van der Waals surface area (Å²) in [5.74, 6) is 0. The minimum atomic E-state index is 0.331. The Labute approximate surface area is 143 Å². The number of hydrogen-bond acceptors (Lipinski definition) is 2. The highest BCUT2D eigenvalue weighted by atomic mass is 35.5. The number of benzene rings is 3. The smallest absolute Gasteiger partial charge is 0.0911 e. The maximum Gasteiger partial charge on any atom is 0.247 e. The van der Waals surface area contributed by atoms with Gasteiger partial charge in [-0.25, -0.2) is 0 Å². The first-order valence-electron chi connectivity index (χ1n) is 7.18. The van der Waals surface area contributed by atoms with E-state index in [-0.39, 0.29) is 0 Å². The van der Waals surface area contributed by atoms with Crippen LogP contribution < -0.4 is 16.4 Å². The summed E-state index contributed by atoms with van der Waals surface area (Å²) in [5.41, 5.74) is 4.25.